The molecule has 2 aromatic carbocycles. The summed E-state index contributed by atoms with van der Waals surface area (Å²) in [6.45, 7) is 0. The van der Waals surface area contributed by atoms with Gasteiger partial charge in [-0.2, -0.15) is 4.98 Å². The Labute approximate surface area is 129 Å². The van der Waals surface area contributed by atoms with Crippen LogP contribution in [0.3, 0.4) is 0 Å². The molecule has 4 nitrogen and oxygen atoms in total. The average Bonchev–Trinajstić information content (AvgIpc) is 2.94. The topological polar surface area (TPSA) is 64.9 Å². The molecule has 0 spiro atoms. The first-order valence-electron chi connectivity index (χ1n) is 5.90. The second-order valence-electron chi connectivity index (χ2n) is 4.25. The molecular formula is C14H8Cl2FN3O. The smallest absolute Gasteiger partial charge is 0.260 e. The lowest BCUT2D eigenvalue weighted by atomic mass is 10.2. The van der Waals surface area contributed by atoms with Gasteiger partial charge in [-0.1, -0.05) is 34.4 Å². The van der Waals surface area contributed by atoms with Crippen LogP contribution in [0.2, 0.25) is 10.0 Å². The second-order valence-corrected chi connectivity index (χ2v) is 5.07. The van der Waals surface area contributed by atoms with Crippen molar-refractivity contribution >= 4 is 28.9 Å². The molecule has 2 N–H and O–H groups in total. The van der Waals surface area contributed by atoms with Gasteiger partial charge in [0.15, 0.2) is 0 Å². The Hall–Kier alpha value is -2.11. The molecule has 0 saturated heterocycles. The number of aromatic nitrogens is 2. The van der Waals surface area contributed by atoms with E-state index in [1.807, 2.05) is 0 Å². The molecule has 3 aromatic rings. The third-order valence-electron chi connectivity index (χ3n) is 2.89. The van der Waals surface area contributed by atoms with Gasteiger partial charge in [0, 0.05) is 5.56 Å². The van der Waals surface area contributed by atoms with Gasteiger partial charge < -0.3 is 10.3 Å². The van der Waals surface area contributed by atoms with E-state index in [1.165, 1.54) is 18.2 Å². The van der Waals surface area contributed by atoms with Crippen molar-refractivity contribution in [1.29, 1.82) is 0 Å². The molecule has 0 fully saturated rings. The molecule has 7 heteroatoms. The molecule has 1 aromatic heterocycles. The number of anilines is 1. The first kappa shape index (κ1) is 13.9. The summed E-state index contributed by atoms with van der Waals surface area (Å²) in [6, 6.07) is 9.28. The lowest BCUT2D eigenvalue weighted by molar-refractivity contribution is 0.432. The van der Waals surface area contributed by atoms with Crippen LogP contribution in [-0.4, -0.2) is 10.1 Å². The number of rotatable bonds is 2. The van der Waals surface area contributed by atoms with Gasteiger partial charge in [0.25, 0.3) is 5.89 Å². The Kier molecular flexibility index (Phi) is 3.53. The van der Waals surface area contributed by atoms with Crippen molar-refractivity contribution in [3.8, 4) is 22.8 Å². The number of hydrogen-bond donors (Lipinski definition) is 1. The summed E-state index contributed by atoms with van der Waals surface area (Å²) in [6.07, 6.45) is 0. The maximum Gasteiger partial charge on any atom is 0.260 e. The molecule has 0 radical (unpaired) electrons. The predicted molar refractivity (Wildman–Crippen MR) is 79.6 cm³/mol. The Morgan fingerprint density at radius 2 is 1.90 bits per heavy atom. The zero-order valence-corrected chi connectivity index (χ0v) is 12.0. The fourth-order valence-electron chi connectivity index (χ4n) is 1.81. The summed E-state index contributed by atoms with van der Waals surface area (Å²) >= 11 is 11.7. The molecule has 3 rings (SSSR count). The molecule has 0 bridgehead atoms. The normalized spacial score (nSPS) is 10.8. The molecule has 1 heterocycles. The molecule has 0 unspecified atom stereocenters. The molecule has 0 aliphatic carbocycles. The van der Waals surface area contributed by atoms with Crippen LogP contribution in [0, 0.1) is 5.82 Å². The van der Waals surface area contributed by atoms with Crippen LogP contribution in [-0.2, 0) is 0 Å². The highest BCUT2D eigenvalue weighted by atomic mass is 35.5. The molecular weight excluding hydrogens is 316 g/mol. The minimum atomic E-state index is -0.511. The summed E-state index contributed by atoms with van der Waals surface area (Å²) < 4.78 is 18.3. The van der Waals surface area contributed by atoms with Crippen molar-refractivity contribution in [2.45, 2.75) is 0 Å². The van der Waals surface area contributed by atoms with Crippen molar-refractivity contribution in [2.75, 3.05) is 5.73 Å². The van der Waals surface area contributed by atoms with Crippen LogP contribution in [0.15, 0.2) is 40.9 Å². The highest BCUT2D eigenvalue weighted by molar-refractivity contribution is 6.33. The van der Waals surface area contributed by atoms with E-state index in [0.29, 0.717) is 21.8 Å². The first-order valence-corrected chi connectivity index (χ1v) is 6.65. The predicted octanol–water partition coefficient (Wildman–Crippen LogP) is 4.43. The van der Waals surface area contributed by atoms with E-state index in [2.05, 4.69) is 10.1 Å². The zero-order valence-electron chi connectivity index (χ0n) is 10.5. The van der Waals surface area contributed by atoms with Gasteiger partial charge in [0.05, 0.1) is 21.3 Å². The Balaban J connectivity index is 2.03. The van der Waals surface area contributed by atoms with Gasteiger partial charge in [-0.3, -0.25) is 0 Å². The fourth-order valence-corrected chi connectivity index (χ4v) is 2.16. The van der Waals surface area contributed by atoms with Crippen molar-refractivity contribution in [2.24, 2.45) is 0 Å². The van der Waals surface area contributed by atoms with E-state index in [4.69, 9.17) is 33.5 Å². The lowest BCUT2D eigenvalue weighted by Gasteiger charge is -2.01. The summed E-state index contributed by atoms with van der Waals surface area (Å²) in [5.41, 5.74) is 7.30. The van der Waals surface area contributed by atoms with E-state index in [1.54, 1.807) is 18.2 Å². The molecule has 0 atom stereocenters. The third-order valence-corrected chi connectivity index (χ3v) is 3.51. The minimum absolute atomic E-state index is 0.0129. The highest BCUT2D eigenvalue weighted by Crippen LogP contribution is 2.32. The van der Waals surface area contributed by atoms with Gasteiger partial charge in [-0.15, -0.1) is 0 Å². The fraction of sp³-hybridized carbons (Fsp3) is 0. The second kappa shape index (κ2) is 5.35. The number of halogens is 3. The Morgan fingerprint density at radius 3 is 2.67 bits per heavy atom. The minimum Gasteiger partial charge on any atom is -0.397 e. The van der Waals surface area contributed by atoms with Gasteiger partial charge in [0.2, 0.25) is 5.82 Å². The van der Waals surface area contributed by atoms with Gasteiger partial charge in [-0.25, -0.2) is 4.39 Å². The van der Waals surface area contributed by atoms with Crippen LogP contribution in [0.1, 0.15) is 0 Å². The molecule has 0 amide bonds. The van der Waals surface area contributed by atoms with Crippen LogP contribution < -0.4 is 5.73 Å². The van der Waals surface area contributed by atoms with Crippen LogP contribution in [0.25, 0.3) is 22.8 Å². The summed E-state index contributed by atoms with van der Waals surface area (Å²) in [4.78, 5) is 4.23. The monoisotopic (exact) mass is 323 g/mol. The van der Waals surface area contributed by atoms with Crippen LogP contribution in [0.5, 0.6) is 0 Å². The quantitative estimate of drug-likeness (QED) is 0.708. The van der Waals surface area contributed by atoms with Crippen LogP contribution >= 0.6 is 23.2 Å². The van der Waals surface area contributed by atoms with Crippen molar-refractivity contribution in [3.05, 3.63) is 52.3 Å². The maximum atomic E-state index is 13.2. The first-order chi connectivity index (χ1) is 10.1. The summed E-state index contributed by atoms with van der Waals surface area (Å²) in [5.74, 6) is -0.0000522. The summed E-state index contributed by atoms with van der Waals surface area (Å²) in [7, 11) is 0. The number of hydrogen-bond acceptors (Lipinski definition) is 4. The third kappa shape index (κ3) is 2.57. The number of para-hydroxylation sites is 1. The average molecular weight is 324 g/mol. The van der Waals surface area contributed by atoms with Crippen molar-refractivity contribution < 1.29 is 8.91 Å². The Morgan fingerprint density at radius 1 is 1.10 bits per heavy atom. The van der Waals surface area contributed by atoms with Crippen LogP contribution in [0.4, 0.5) is 10.1 Å². The van der Waals surface area contributed by atoms with E-state index < -0.39 is 5.82 Å². The lowest BCUT2D eigenvalue weighted by Crippen LogP contribution is -1.91. The molecule has 0 aliphatic heterocycles. The molecule has 0 saturated carbocycles. The summed E-state index contributed by atoms with van der Waals surface area (Å²) in [5, 5.41) is 4.23. The maximum absolute atomic E-state index is 13.2. The van der Waals surface area contributed by atoms with Gasteiger partial charge in [0.1, 0.15) is 5.82 Å². The van der Waals surface area contributed by atoms with Crippen molar-refractivity contribution in [1.82, 2.24) is 10.1 Å². The molecule has 106 valence electrons. The molecule has 0 aliphatic rings. The highest BCUT2D eigenvalue weighted by Gasteiger charge is 2.15. The number of nitrogens with two attached hydrogens (primary N) is 1. The SMILES string of the molecule is Nc1c(Cl)cccc1-c1nc(-c2ccc(F)c(Cl)c2)no1. The van der Waals surface area contributed by atoms with Gasteiger partial charge in [-0.05, 0) is 30.3 Å². The van der Waals surface area contributed by atoms with E-state index in [-0.39, 0.29) is 16.7 Å². The van der Waals surface area contributed by atoms with E-state index in [0.717, 1.165) is 0 Å². The number of benzene rings is 2. The van der Waals surface area contributed by atoms with Crippen molar-refractivity contribution in [3.63, 3.8) is 0 Å². The number of nitrogen functional groups attached to an aromatic ring is 1. The standard InChI is InChI=1S/C14H8Cl2FN3O/c15-9-3-1-2-8(12(9)18)14-19-13(20-21-14)7-4-5-11(17)10(16)6-7/h1-6H,18H2. The Bertz CT molecular complexity index is 820. The van der Waals surface area contributed by atoms with E-state index >= 15 is 0 Å². The zero-order chi connectivity index (χ0) is 15.0. The van der Waals surface area contributed by atoms with E-state index in [9.17, 15) is 4.39 Å². The van der Waals surface area contributed by atoms with Gasteiger partial charge >= 0.3 is 0 Å². The largest absolute Gasteiger partial charge is 0.397 e. The molecule has 21 heavy (non-hydrogen) atoms. The number of nitrogens with zero attached hydrogens (tertiary/aromatic N) is 2.